The normalized spacial score (nSPS) is 21.1. The van der Waals surface area contributed by atoms with Gasteiger partial charge in [-0.1, -0.05) is 17.7 Å². The standard InChI is InChI=1S/C15H24ClN3O/c1-18-7-8-19(2)12(11-18)9-17-10-13-14(16)5-4-6-15(13)20-3/h4-6,12,17H,7-11H2,1-3H3. The maximum atomic E-state index is 6.24. The smallest absolute Gasteiger partial charge is 0.124 e. The summed E-state index contributed by atoms with van der Waals surface area (Å²) < 4.78 is 5.36. The van der Waals surface area contributed by atoms with E-state index in [1.165, 1.54) is 0 Å². The van der Waals surface area contributed by atoms with Gasteiger partial charge in [0.25, 0.3) is 0 Å². The number of rotatable bonds is 5. The molecule has 1 heterocycles. The molecule has 1 unspecified atom stereocenters. The van der Waals surface area contributed by atoms with E-state index in [1.807, 2.05) is 18.2 Å². The summed E-state index contributed by atoms with van der Waals surface area (Å²) in [7, 11) is 6.05. The Morgan fingerprint density at radius 2 is 2.15 bits per heavy atom. The minimum atomic E-state index is 0.544. The monoisotopic (exact) mass is 297 g/mol. The summed E-state index contributed by atoms with van der Waals surface area (Å²) in [6.07, 6.45) is 0. The second-order valence-electron chi connectivity index (χ2n) is 5.45. The first-order chi connectivity index (χ1) is 9.61. The third-order valence-corrected chi connectivity index (χ3v) is 4.31. The molecule has 1 fully saturated rings. The first-order valence-electron chi connectivity index (χ1n) is 7.02. The predicted molar refractivity (Wildman–Crippen MR) is 83.6 cm³/mol. The molecule has 1 N–H and O–H groups in total. The highest BCUT2D eigenvalue weighted by atomic mass is 35.5. The van der Waals surface area contributed by atoms with Crippen LogP contribution in [0, 0.1) is 0 Å². The molecule has 1 atom stereocenters. The van der Waals surface area contributed by atoms with Crippen LogP contribution in [0.4, 0.5) is 0 Å². The third-order valence-electron chi connectivity index (χ3n) is 3.96. The fourth-order valence-electron chi connectivity index (χ4n) is 2.59. The molecule has 1 aromatic rings. The van der Waals surface area contributed by atoms with Gasteiger partial charge in [-0.05, 0) is 26.2 Å². The van der Waals surface area contributed by atoms with Gasteiger partial charge in [0.05, 0.1) is 7.11 Å². The van der Waals surface area contributed by atoms with E-state index in [-0.39, 0.29) is 0 Å². The zero-order valence-corrected chi connectivity index (χ0v) is 13.3. The SMILES string of the molecule is COc1cccc(Cl)c1CNCC1CN(C)CCN1C. The Morgan fingerprint density at radius 3 is 2.90 bits per heavy atom. The van der Waals surface area contributed by atoms with Gasteiger partial charge in [0, 0.05) is 49.4 Å². The summed E-state index contributed by atoms with van der Waals surface area (Å²) in [5.74, 6) is 0.846. The van der Waals surface area contributed by atoms with Crippen molar-refractivity contribution in [3.8, 4) is 5.75 Å². The first kappa shape index (κ1) is 15.6. The van der Waals surface area contributed by atoms with Crippen molar-refractivity contribution in [2.75, 3.05) is 47.4 Å². The number of ether oxygens (including phenoxy) is 1. The van der Waals surface area contributed by atoms with E-state index in [9.17, 15) is 0 Å². The number of piperazine rings is 1. The highest BCUT2D eigenvalue weighted by molar-refractivity contribution is 6.31. The fourth-order valence-corrected chi connectivity index (χ4v) is 2.82. The largest absolute Gasteiger partial charge is 0.496 e. The van der Waals surface area contributed by atoms with Gasteiger partial charge in [-0.2, -0.15) is 0 Å². The predicted octanol–water partition coefficient (Wildman–Crippen LogP) is 1.68. The molecular weight excluding hydrogens is 274 g/mol. The van der Waals surface area contributed by atoms with Crippen molar-refractivity contribution in [2.45, 2.75) is 12.6 Å². The van der Waals surface area contributed by atoms with Gasteiger partial charge >= 0.3 is 0 Å². The van der Waals surface area contributed by atoms with Gasteiger partial charge in [-0.15, -0.1) is 0 Å². The Labute approximate surface area is 126 Å². The molecule has 0 amide bonds. The Morgan fingerprint density at radius 1 is 1.35 bits per heavy atom. The highest BCUT2D eigenvalue weighted by Gasteiger charge is 2.21. The van der Waals surface area contributed by atoms with Crippen molar-refractivity contribution in [2.24, 2.45) is 0 Å². The van der Waals surface area contributed by atoms with Gasteiger partial charge in [-0.25, -0.2) is 0 Å². The second kappa shape index (κ2) is 7.27. The number of hydrogen-bond acceptors (Lipinski definition) is 4. The molecule has 0 radical (unpaired) electrons. The topological polar surface area (TPSA) is 27.7 Å². The van der Waals surface area contributed by atoms with Gasteiger partial charge in [0.1, 0.15) is 5.75 Å². The molecule has 1 saturated heterocycles. The first-order valence-corrected chi connectivity index (χ1v) is 7.40. The lowest BCUT2D eigenvalue weighted by Crippen LogP contribution is -2.53. The maximum Gasteiger partial charge on any atom is 0.124 e. The highest BCUT2D eigenvalue weighted by Crippen LogP contribution is 2.25. The molecule has 112 valence electrons. The molecule has 4 nitrogen and oxygen atoms in total. The Bertz CT molecular complexity index is 441. The van der Waals surface area contributed by atoms with Crippen molar-refractivity contribution in [3.63, 3.8) is 0 Å². The number of methoxy groups -OCH3 is 1. The second-order valence-corrected chi connectivity index (χ2v) is 5.86. The summed E-state index contributed by atoms with van der Waals surface area (Å²) in [5, 5.41) is 4.26. The zero-order chi connectivity index (χ0) is 14.5. The van der Waals surface area contributed by atoms with E-state index in [0.717, 1.165) is 49.1 Å². The molecule has 5 heteroatoms. The number of hydrogen-bond donors (Lipinski definition) is 1. The van der Waals surface area contributed by atoms with Crippen LogP contribution in [0.25, 0.3) is 0 Å². The van der Waals surface area contributed by atoms with Crippen LogP contribution < -0.4 is 10.1 Å². The van der Waals surface area contributed by atoms with Crippen LogP contribution in [-0.4, -0.2) is 63.2 Å². The Kier molecular flexibility index (Phi) is 5.66. The van der Waals surface area contributed by atoms with E-state index >= 15 is 0 Å². The third kappa shape index (κ3) is 3.85. The van der Waals surface area contributed by atoms with E-state index in [0.29, 0.717) is 6.04 Å². The van der Waals surface area contributed by atoms with Crippen LogP contribution in [0.5, 0.6) is 5.75 Å². The average molecular weight is 298 g/mol. The molecule has 20 heavy (non-hydrogen) atoms. The van der Waals surface area contributed by atoms with E-state index in [2.05, 4.69) is 29.2 Å². The molecule has 1 aliphatic rings. The molecule has 0 bridgehead atoms. The van der Waals surface area contributed by atoms with Crippen LogP contribution in [0.3, 0.4) is 0 Å². The van der Waals surface area contributed by atoms with Crippen molar-refractivity contribution in [3.05, 3.63) is 28.8 Å². The van der Waals surface area contributed by atoms with Gasteiger partial charge in [0.15, 0.2) is 0 Å². The minimum absolute atomic E-state index is 0.544. The lowest BCUT2D eigenvalue weighted by atomic mass is 10.1. The van der Waals surface area contributed by atoms with Crippen molar-refractivity contribution < 1.29 is 4.74 Å². The molecule has 2 rings (SSSR count). The van der Waals surface area contributed by atoms with E-state index < -0.39 is 0 Å². The number of nitrogens with zero attached hydrogens (tertiary/aromatic N) is 2. The number of likely N-dealkylation sites (N-methyl/N-ethyl adjacent to an activating group) is 2. The van der Waals surface area contributed by atoms with E-state index in [1.54, 1.807) is 7.11 Å². The average Bonchev–Trinajstić information content (AvgIpc) is 2.44. The van der Waals surface area contributed by atoms with Crippen LogP contribution in [-0.2, 0) is 6.54 Å². The van der Waals surface area contributed by atoms with E-state index in [4.69, 9.17) is 16.3 Å². The molecule has 1 aliphatic heterocycles. The summed E-state index contributed by atoms with van der Waals surface area (Å²) in [4.78, 5) is 4.79. The molecule has 0 spiro atoms. The molecule has 0 saturated carbocycles. The summed E-state index contributed by atoms with van der Waals surface area (Å²) in [6, 6.07) is 6.31. The van der Waals surface area contributed by atoms with Gasteiger partial charge in [-0.3, -0.25) is 4.90 Å². The van der Waals surface area contributed by atoms with Crippen LogP contribution in [0.2, 0.25) is 5.02 Å². The minimum Gasteiger partial charge on any atom is -0.496 e. The van der Waals surface area contributed by atoms with Gasteiger partial charge < -0.3 is 15.0 Å². The number of nitrogens with one attached hydrogen (secondary N) is 1. The maximum absolute atomic E-state index is 6.24. The quantitative estimate of drug-likeness (QED) is 0.895. The summed E-state index contributed by atoms with van der Waals surface area (Å²) in [6.45, 7) is 5.05. The Hall–Kier alpha value is -0.810. The van der Waals surface area contributed by atoms with Crippen molar-refractivity contribution in [1.29, 1.82) is 0 Å². The van der Waals surface area contributed by atoms with Crippen molar-refractivity contribution >= 4 is 11.6 Å². The van der Waals surface area contributed by atoms with Crippen molar-refractivity contribution in [1.82, 2.24) is 15.1 Å². The summed E-state index contributed by atoms with van der Waals surface area (Å²) in [5.41, 5.74) is 1.03. The number of halogens is 1. The zero-order valence-electron chi connectivity index (χ0n) is 12.5. The van der Waals surface area contributed by atoms with Crippen LogP contribution in [0.1, 0.15) is 5.56 Å². The van der Waals surface area contributed by atoms with Crippen LogP contribution in [0.15, 0.2) is 18.2 Å². The molecule has 0 aromatic heterocycles. The fraction of sp³-hybridized carbons (Fsp3) is 0.600. The molecular formula is C15H24ClN3O. The summed E-state index contributed by atoms with van der Waals surface area (Å²) >= 11 is 6.24. The Balaban J connectivity index is 1.89. The lowest BCUT2D eigenvalue weighted by Gasteiger charge is -2.37. The number of benzene rings is 1. The molecule has 1 aromatic carbocycles. The van der Waals surface area contributed by atoms with Crippen LogP contribution >= 0.6 is 11.6 Å². The molecule has 0 aliphatic carbocycles. The van der Waals surface area contributed by atoms with Gasteiger partial charge in [0.2, 0.25) is 0 Å². The lowest BCUT2D eigenvalue weighted by molar-refractivity contribution is 0.113.